The molecule has 0 saturated carbocycles. The van der Waals surface area contributed by atoms with Crippen molar-refractivity contribution in [1.29, 1.82) is 0 Å². The maximum absolute atomic E-state index is 12.3. The number of methoxy groups -OCH3 is 1. The molecule has 0 N–H and O–H groups in total. The summed E-state index contributed by atoms with van der Waals surface area (Å²) < 4.78 is 17.0. The van der Waals surface area contributed by atoms with Gasteiger partial charge >= 0.3 is 5.97 Å². The van der Waals surface area contributed by atoms with Gasteiger partial charge in [-0.25, -0.2) is 9.78 Å². The van der Waals surface area contributed by atoms with Gasteiger partial charge in [-0.3, -0.25) is 4.79 Å². The maximum Gasteiger partial charge on any atom is 0.342 e. The zero-order valence-corrected chi connectivity index (χ0v) is 15.8. The van der Waals surface area contributed by atoms with E-state index in [0.717, 1.165) is 5.01 Å². The summed E-state index contributed by atoms with van der Waals surface area (Å²) in [5, 5.41) is 5.01. The third-order valence-electron chi connectivity index (χ3n) is 3.68. The Hall–Kier alpha value is -2.78. The fraction of sp³-hybridized carbons (Fsp3) is 0.333. The first kappa shape index (κ1) is 19.0. The van der Waals surface area contributed by atoms with Crippen LogP contribution in [-0.4, -0.2) is 40.9 Å². The van der Waals surface area contributed by atoms with E-state index in [9.17, 15) is 9.59 Å². The molecule has 2 heterocycles. The SMILES string of the molecule is CCOCCc1nn2c(=O)cc(COC(=O)c3ccccc3OC)nc2s1. The predicted octanol–water partition coefficient (Wildman–Crippen LogP) is 2.10. The van der Waals surface area contributed by atoms with Gasteiger partial charge in [-0.2, -0.15) is 9.61 Å². The van der Waals surface area contributed by atoms with Crippen LogP contribution in [0.15, 0.2) is 35.1 Å². The van der Waals surface area contributed by atoms with Gasteiger partial charge in [0.05, 0.1) is 19.4 Å². The second kappa shape index (κ2) is 8.74. The number of nitrogens with zero attached hydrogens (tertiary/aromatic N) is 3. The van der Waals surface area contributed by atoms with Gasteiger partial charge in [-0.1, -0.05) is 23.5 Å². The van der Waals surface area contributed by atoms with Crippen LogP contribution in [0.25, 0.3) is 4.96 Å². The Balaban J connectivity index is 1.73. The van der Waals surface area contributed by atoms with E-state index in [-0.39, 0.29) is 12.2 Å². The van der Waals surface area contributed by atoms with E-state index in [2.05, 4.69) is 10.1 Å². The molecule has 0 unspecified atom stereocenters. The molecule has 3 rings (SSSR count). The molecule has 0 aliphatic carbocycles. The summed E-state index contributed by atoms with van der Waals surface area (Å²) in [7, 11) is 1.48. The van der Waals surface area contributed by atoms with E-state index < -0.39 is 5.97 Å². The first-order chi connectivity index (χ1) is 13.1. The van der Waals surface area contributed by atoms with Gasteiger partial charge < -0.3 is 14.2 Å². The smallest absolute Gasteiger partial charge is 0.342 e. The molecule has 9 heteroatoms. The fourth-order valence-electron chi connectivity index (χ4n) is 2.41. The summed E-state index contributed by atoms with van der Waals surface area (Å²) in [4.78, 5) is 29.3. The lowest BCUT2D eigenvalue weighted by Gasteiger charge is -2.08. The third-order valence-corrected chi connectivity index (χ3v) is 4.65. The Morgan fingerprint density at radius 3 is 2.89 bits per heavy atom. The Morgan fingerprint density at radius 2 is 2.11 bits per heavy atom. The summed E-state index contributed by atoms with van der Waals surface area (Å²) in [6.45, 7) is 2.97. The van der Waals surface area contributed by atoms with Crippen molar-refractivity contribution in [3.8, 4) is 5.75 Å². The number of hydrogen-bond acceptors (Lipinski definition) is 8. The lowest BCUT2D eigenvalue weighted by molar-refractivity contribution is 0.0464. The lowest BCUT2D eigenvalue weighted by Crippen LogP contribution is -2.17. The number of carbonyl (C=O) groups excluding carboxylic acids is 1. The van der Waals surface area contributed by atoms with E-state index in [1.165, 1.54) is 29.0 Å². The number of ether oxygens (including phenoxy) is 3. The van der Waals surface area contributed by atoms with Crippen molar-refractivity contribution in [2.75, 3.05) is 20.3 Å². The number of carbonyl (C=O) groups is 1. The van der Waals surface area contributed by atoms with Crippen molar-refractivity contribution in [3.05, 3.63) is 57.0 Å². The second-order valence-corrected chi connectivity index (χ2v) is 6.54. The van der Waals surface area contributed by atoms with Gasteiger partial charge in [0.25, 0.3) is 5.56 Å². The number of esters is 1. The molecular formula is C18H19N3O5S. The quantitative estimate of drug-likeness (QED) is 0.430. The number of fused-ring (bicyclic) bond motifs is 1. The maximum atomic E-state index is 12.3. The standard InChI is InChI=1S/C18H19N3O5S/c1-3-25-9-8-15-20-21-16(22)10-12(19-18(21)27-15)11-26-17(23)13-6-4-5-7-14(13)24-2/h4-7,10H,3,8-9,11H2,1-2H3. The number of benzene rings is 1. The number of aromatic nitrogens is 3. The summed E-state index contributed by atoms with van der Waals surface area (Å²) in [5.41, 5.74) is 0.360. The first-order valence-corrected chi connectivity index (χ1v) is 9.20. The Morgan fingerprint density at radius 1 is 1.30 bits per heavy atom. The minimum absolute atomic E-state index is 0.116. The van der Waals surface area contributed by atoms with Gasteiger partial charge in [0.1, 0.15) is 22.9 Å². The molecule has 0 aliphatic rings. The highest BCUT2D eigenvalue weighted by molar-refractivity contribution is 7.16. The van der Waals surface area contributed by atoms with Gasteiger partial charge in [0.15, 0.2) is 0 Å². The number of rotatable bonds is 8. The fourth-order valence-corrected chi connectivity index (χ4v) is 3.30. The average Bonchev–Trinajstić information content (AvgIpc) is 3.10. The molecule has 0 saturated heterocycles. The monoisotopic (exact) mass is 389 g/mol. The van der Waals surface area contributed by atoms with Crippen molar-refractivity contribution < 1.29 is 19.0 Å². The zero-order chi connectivity index (χ0) is 19.2. The van der Waals surface area contributed by atoms with E-state index in [1.807, 2.05) is 6.92 Å². The van der Waals surface area contributed by atoms with Crippen LogP contribution in [0.3, 0.4) is 0 Å². The minimum Gasteiger partial charge on any atom is -0.496 e. The molecule has 0 atom stereocenters. The molecule has 0 spiro atoms. The molecular weight excluding hydrogens is 370 g/mol. The summed E-state index contributed by atoms with van der Waals surface area (Å²) in [6.07, 6.45) is 0.611. The summed E-state index contributed by atoms with van der Waals surface area (Å²) in [6, 6.07) is 8.08. The molecule has 0 fully saturated rings. The van der Waals surface area contributed by atoms with Crippen molar-refractivity contribution in [3.63, 3.8) is 0 Å². The Kier molecular flexibility index (Phi) is 6.15. The molecule has 8 nitrogen and oxygen atoms in total. The molecule has 0 bridgehead atoms. The molecule has 1 aromatic carbocycles. The summed E-state index contributed by atoms with van der Waals surface area (Å²) in [5.74, 6) is -0.122. The molecule has 2 aromatic heterocycles. The second-order valence-electron chi connectivity index (χ2n) is 5.50. The van der Waals surface area contributed by atoms with Gasteiger partial charge in [-0.05, 0) is 19.1 Å². The highest BCUT2D eigenvalue weighted by atomic mass is 32.1. The lowest BCUT2D eigenvalue weighted by atomic mass is 10.2. The zero-order valence-electron chi connectivity index (χ0n) is 15.0. The van der Waals surface area contributed by atoms with E-state index in [0.29, 0.717) is 41.6 Å². The van der Waals surface area contributed by atoms with Gasteiger partial charge in [0, 0.05) is 19.1 Å². The van der Waals surface area contributed by atoms with E-state index >= 15 is 0 Å². The van der Waals surface area contributed by atoms with Crippen molar-refractivity contribution in [2.45, 2.75) is 20.0 Å². The van der Waals surface area contributed by atoms with E-state index in [4.69, 9.17) is 14.2 Å². The first-order valence-electron chi connectivity index (χ1n) is 8.39. The number of para-hydroxylation sites is 1. The van der Waals surface area contributed by atoms with Crippen molar-refractivity contribution in [2.24, 2.45) is 0 Å². The summed E-state index contributed by atoms with van der Waals surface area (Å²) >= 11 is 1.31. The van der Waals surface area contributed by atoms with Crippen LogP contribution < -0.4 is 10.3 Å². The van der Waals surface area contributed by atoms with Crippen LogP contribution in [0.4, 0.5) is 0 Å². The molecule has 142 valence electrons. The van der Waals surface area contributed by atoms with E-state index in [1.54, 1.807) is 24.3 Å². The molecule has 0 amide bonds. The normalized spacial score (nSPS) is 10.9. The Bertz CT molecular complexity index is 998. The van der Waals surface area contributed by atoms with Crippen LogP contribution in [0.2, 0.25) is 0 Å². The predicted molar refractivity (Wildman–Crippen MR) is 99.4 cm³/mol. The van der Waals surface area contributed by atoms with Crippen LogP contribution in [0, 0.1) is 0 Å². The molecule has 0 radical (unpaired) electrons. The highest BCUT2D eigenvalue weighted by Crippen LogP contribution is 2.19. The van der Waals surface area contributed by atoms with Crippen LogP contribution in [0.5, 0.6) is 5.75 Å². The van der Waals surface area contributed by atoms with Crippen molar-refractivity contribution in [1.82, 2.24) is 14.6 Å². The van der Waals surface area contributed by atoms with Crippen LogP contribution in [0.1, 0.15) is 28.0 Å². The average molecular weight is 389 g/mol. The molecule has 0 aliphatic heterocycles. The Labute approximate surface area is 159 Å². The molecule has 27 heavy (non-hydrogen) atoms. The topological polar surface area (TPSA) is 92.0 Å². The highest BCUT2D eigenvalue weighted by Gasteiger charge is 2.15. The molecule has 3 aromatic rings. The third kappa shape index (κ3) is 4.50. The minimum atomic E-state index is -0.545. The van der Waals surface area contributed by atoms with Gasteiger partial charge in [0.2, 0.25) is 4.96 Å². The number of hydrogen-bond donors (Lipinski definition) is 0. The van der Waals surface area contributed by atoms with Crippen LogP contribution in [-0.2, 0) is 22.5 Å². The van der Waals surface area contributed by atoms with Crippen LogP contribution >= 0.6 is 11.3 Å². The van der Waals surface area contributed by atoms with Gasteiger partial charge in [-0.15, -0.1) is 0 Å². The largest absolute Gasteiger partial charge is 0.496 e. The van der Waals surface area contributed by atoms with Crippen molar-refractivity contribution >= 4 is 22.3 Å².